The van der Waals surface area contributed by atoms with E-state index in [0.29, 0.717) is 18.9 Å². The Balaban J connectivity index is 1.56. The second-order valence-corrected chi connectivity index (χ2v) is 8.10. The molecule has 1 aliphatic heterocycles. The van der Waals surface area contributed by atoms with Crippen molar-refractivity contribution in [3.05, 3.63) is 59.7 Å². The second-order valence-electron chi connectivity index (χ2n) is 8.10. The van der Waals surface area contributed by atoms with E-state index in [4.69, 9.17) is 10.5 Å². The molecule has 1 amide bonds. The fraction of sp³-hybridized carbons (Fsp3) is 0.440. The summed E-state index contributed by atoms with van der Waals surface area (Å²) >= 11 is 0. The molecule has 3 rings (SSSR count). The van der Waals surface area contributed by atoms with Crippen LogP contribution >= 0.6 is 0 Å². The Morgan fingerprint density at radius 3 is 2.50 bits per heavy atom. The highest BCUT2D eigenvalue weighted by Gasteiger charge is 2.14. The van der Waals surface area contributed by atoms with E-state index in [0.717, 1.165) is 61.2 Å². The number of benzene rings is 2. The van der Waals surface area contributed by atoms with Gasteiger partial charge in [0.05, 0.1) is 6.54 Å². The summed E-state index contributed by atoms with van der Waals surface area (Å²) in [7, 11) is 1.75. The minimum atomic E-state index is -0.0833. The Labute approximate surface area is 179 Å². The predicted octanol–water partition coefficient (Wildman–Crippen LogP) is 4.05. The minimum Gasteiger partial charge on any atom is -0.381 e. The summed E-state index contributed by atoms with van der Waals surface area (Å²) in [6.07, 6.45) is 4.91. The molecule has 2 aromatic rings. The summed E-state index contributed by atoms with van der Waals surface area (Å²) in [5.41, 5.74) is 9.38. The van der Waals surface area contributed by atoms with E-state index < -0.39 is 0 Å². The number of nitrogens with two attached hydrogens (primary N) is 1. The molecule has 0 atom stereocenters. The average molecular weight is 409 g/mol. The van der Waals surface area contributed by atoms with Crippen molar-refractivity contribution < 1.29 is 14.3 Å². The van der Waals surface area contributed by atoms with Crippen LogP contribution in [0.5, 0.6) is 0 Å². The summed E-state index contributed by atoms with van der Waals surface area (Å²) in [4.78, 5) is 25.9. The Morgan fingerprint density at radius 2 is 1.80 bits per heavy atom. The van der Waals surface area contributed by atoms with Crippen LogP contribution < -0.4 is 5.73 Å². The van der Waals surface area contributed by atoms with Crippen molar-refractivity contribution >= 4 is 11.7 Å². The predicted molar refractivity (Wildman–Crippen MR) is 119 cm³/mol. The highest BCUT2D eigenvalue weighted by atomic mass is 16.5. The number of ketones is 1. The highest BCUT2D eigenvalue weighted by molar-refractivity contribution is 5.96. The summed E-state index contributed by atoms with van der Waals surface area (Å²) < 4.78 is 5.40. The lowest BCUT2D eigenvalue weighted by atomic mass is 9.92. The first-order valence-electron chi connectivity index (χ1n) is 10.8. The molecule has 1 heterocycles. The Hall–Kier alpha value is -2.50. The zero-order valence-corrected chi connectivity index (χ0v) is 17.8. The van der Waals surface area contributed by atoms with E-state index in [1.807, 2.05) is 42.5 Å². The van der Waals surface area contributed by atoms with Crippen LogP contribution in [0.3, 0.4) is 0 Å². The smallest absolute Gasteiger partial charge is 0.236 e. The summed E-state index contributed by atoms with van der Waals surface area (Å²) in [5, 5.41) is 0. The summed E-state index contributed by atoms with van der Waals surface area (Å²) in [6, 6.07) is 15.9. The van der Waals surface area contributed by atoms with Crippen LogP contribution in [0.25, 0.3) is 11.1 Å². The Morgan fingerprint density at radius 1 is 1.07 bits per heavy atom. The van der Waals surface area contributed by atoms with Crippen molar-refractivity contribution in [1.82, 2.24) is 4.90 Å². The van der Waals surface area contributed by atoms with E-state index in [1.54, 1.807) is 11.9 Å². The first-order chi connectivity index (χ1) is 14.6. The average Bonchev–Trinajstić information content (AvgIpc) is 2.79. The minimum absolute atomic E-state index is 0.0146. The van der Waals surface area contributed by atoms with E-state index in [2.05, 4.69) is 6.07 Å². The lowest BCUT2D eigenvalue weighted by molar-refractivity contribution is -0.128. The fourth-order valence-corrected chi connectivity index (χ4v) is 3.95. The number of ether oxygens (including phenoxy) is 1. The van der Waals surface area contributed by atoms with Crippen molar-refractivity contribution in [3.8, 4) is 11.1 Å². The van der Waals surface area contributed by atoms with Crippen molar-refractivity contribution in [1.29, 1.82) is 0 Å². The molecule has 2 aromatic carbocycles. The van der Waals surface area contributed by atoms with Gasteiger partial charge in [-0.05, 0) is 54.4 Å². The third-order valence-corrected chi connectivity index (χ3v) is 5.84. The van der Waals surface area contributed by atoms with Crippen molar-refractivity contribution in [3.63, 3.8) is 0 Å². The maximum atomic E-state index is 12.5. The number of Topliss-reactive ketones (excluding diaryl/α,β-unsaturated/α-hetero) is 1. The number of hydrogen-bond donors (Lipinski definition) is 1. The molecule has 0 unspecified atom stereocenters. The van der Waals surface area contributed by atoms with Gasteiger partial charge < -0.3 is 15.4 Å². The number of nitrogens with zero attached hydrogens (tertiary/aromatic N) is 1. The van der Waals surface area contributed by atoms with Crippen LogP contribution in [0.15, 0.2) is 48.5 Å². The molecular formula is C25H32N2O3. The second kappa shape index (κ2) is 11.0. The molecule has 160 valence electrons. The molecule has 1 fully saturated rings. The van der Waals surface area contributed by atoms with Crippen LogP contribution in [-0.2, 0) is 16.1 Å². The Bertz CT molecular complexity index is 842. The monoisotopic (exact) mass is 408 g/mol. The number of rotatable bonds is 9. The van der Waals surface area contributed by atoms with Gasteiger partial charge >= 0.3 is 0 Å². The van der Waals surface area contributed by atoms with Gasteiger partial charge in [0.15, 0.2) is 5.78 Å². The summed E-state index contributed by atoms with van der Waals surface area (Å²) in [5.74, 6) is 0.838. The molecular weight excluding hydrogens is 376 g/mol. The number of likely N-dealkylation sites (N-methyl/N-ethyl adjacent to an activating group) is 1. The Kier molecular flexibility index (Phi) is 8.17. The molecule has 1 saturated heterocycles. The van der Waals surface area contributed by atoms with Gasteiger partial charge in [0.2, 0.25) is 5.91 Å². The van der Waals surface area contributed by atoms with Gasteiger partial charge in [-0.2, -0.15) is 0 Å². The normalized spacial score (nSPS) is 14.5. The van der Waals surface area contributed by atoms with Gasteiger partial charge in [-0.25, -0.2) is 0 Å². The van der Waals surface area contributed by atoms with E-state index in [9.17, 15) is 9.59 Å². The fourth-order valence-electron chi connectivity index (χ4n) is 3.95. The van der Waals surface area contributed by atoms with Gasteiger partial charge in [0, 0.05) is 38.8 Å². The van der Waals surface area contributed by atoms with Crippen LogP contribution in [0.4, 0.5) is 0 Å². The van der Waals surface area contributed by atoms with E-state index in [1.165, 1.54) is 0 Å². The number of hydrogen-bond acceptors (Lipinski definition) is 4. The van der Waals surface area contributed by atoms with E-state index in [-0.39, 0.29) is 18.2 Å². The van der Waals surface area contributed by atoms with Gasteiger partial charge in [-0.1, -0.05) is 42.5 Å². The largest absolute Gasteiger partial charge is 0.381 e. The van der Waals surface area contributed by atoms with Gasteiger partial charge in [-0.3, -0.25) is 9.59 Å². The quantitative estimate of drug-likeness (QED) is 0.636. The first-order valence-corrected chi connectivity index (χ1v) is 10.8. The topological polar surface area (TPSA) is 72.6 Å². The van der Waals surface area contributed by atoms with Crippen LogP contribution in [0, 0.1) is 5.92 Å². The molecule has 2 N–H and O–H groups in total. The molecule has 0 bridgehead atoms. The molecule has 0 aliphatic carbocycles. The zero-order chi connectivity index (χ0) is 21.3. The van der Waals surface area contributed by atoms with E-state index >= 15 is 0 Å². The number of amides is 1. The number of carbonyl (C=O) groups excluding carboxylic acids is 2. The van der Waals surface area contributed by atoms with Crippen molar-refractivity contribution in [2.24, 2.45) is 11.7 Å². The summed E-state index contributed by atoms with van der Waals surface area (Å²) in [6.45, 7) is 2.26. The third-order valence-electron chi connectivity index (χ3n) is 5.84. The molecule has 30 heavy (non-hydrogen) atoms. The van der Waals surface area contributed by atoms with Gasteiger partial charge in [-0.15, -0.1) is 0 Å². The third kappa shape index (κ3) is 6.25. The van der Waals surface area contributed by atoms with Crippen LogP contribution in [-0.4, -0.2) is 43.4 Å². The number of carbonyl (C=O) groups is 2. The van der Waals surface area contributed by atoms with Crippen LogP contribution in [0.1, 0.15) is 48.0 Å². The molecule has 5 heteroatoms. The van der Waals surface area contributed by atoms with Crippen molar-refractivity contribution in [2.45, 2.75) is 38.6 Å². The molecule has 1 aliphatic rings. The lowest BCUT2D eigenvalue weighted by Crippen LogP contribution is -2.32. The molecule has 0 saturated carbocycles. The highest BCUT2D eigenvalue weighted by Crippen LogP contribution is 2.24. The van der Waals surface area contributed by atoms with Gasteiger partial charge in [0.1, 0.15) is 0 Å². The zero-order valence-electron chi connectivity index (χ0n) is 17.8. The van der Waals surface area contributed by atoms with Crippen molar-refractivity contribution in [2.75, 3.05) is 26.8 Å². The van der Waals surface area contributed by atoms with Gasteiger partial charge in [0.25, 0.3) is 0 Å². The molecule has 0 spiro atoms. The maximum Gasteiger partial charge on any atom is 0.236 e. The molecule has 5 nitrogen and oxygen atoms in total. The standard InChI is InChI=1S/C25H32N2O3/c1-27(25(29)17-26)18-20-5-2-6-23(16-20)21-8-10-22(11-9-21)24(28)7-3-4-19-12-14-30-15-13-19/h2,5-6,8-11,16,19H,3-4,7,12-15,17-18,26H2,1H3. The lowest BCUT2D eigenvalue weighted by Gasteiger charge is -2.21. The molecule has 0 radical (unpaired) electrons. The van der Waals surface area contributed by atoms with Crippen LogP contribution in [0.2, 0.25) is 0 Å². The molecule has 0 aromatic heterocycles. The SMILES string of the molecule is CN(Cc1cccc(-c2ccc(C(=O)CCCC3CCOCC3)cc2)c1)C(=O)CN. The first kappa shape index (κ1) is 22.2. The maximum absolute atomic E-state index is 12.5.